The molecule has 6 nitrogen and oxygen atoms in total. The van der Waals surface area contributed by atoms with E-state index in [-0.39, 0.29) is 22.6 Å². The van der Waals surface area contributed by atoms with Crippen LogP contribution < -0.4 is 11.1 Å². The Kier molecular flexibility index (Phi) is 3.72. The third kappa shape index (κ3) is 2.62. The maximum Gasteiger partial charge on any atom is 0.255 e. The first-order valence-electron chi connectivity index (χ1n) is 6.95. The van der Waals surface area contributed by atoms with E-state index >= 15 is 0 Å². The summed E-state index contributed by atoms with van der Waals surface area (Å²) in [6, 6.07) is 11.4. The number of aromatic nitrogens is 2. The number of benzene rings is 1. The van der Waals surface area contributed by atoms with E-state index in [1.165, 1.54) is 24.5 Å². The van der Waals surface area contributed by atoms with Crippen LogP contribution in [0.2, 0.25) is 0 Å². The minimum atomic E-state index is -0.897. The molecule has 23 heavy (non-hydrogen) atoms. The summed E-state index contributed by atoms with van der Waals surface area (Å²) in [5.41, 5.74) is -0.439. The van der Waals surface area contributed by atoms with E-state index in [1.54, 1.807) is 30.3 Å². The Hall–Kier alpha value is -3.28. The van der Waals surface area contributed by atoms with Gasteiger partial charge >= 0.3 is 0 Å². The highest BCUT2D eigenvalue weighted by Gasteiger charge is 2.27. The molecule has 0 saturated heterocycles. The van der Waals surface area contributed by atoms with Gasteiger partial charge < -0.3 is 20.2 Å². The fraction of sp³-hybridized carbons (Fsp3) is 0.0588. The first kappa shape index (κ1) is 14.6. The molecule has 4 N–H and O–H groups in total. The van der Waals surface area contributed by atoms with Crippen LogP contribution in [0, 0.1) is 0 Å². The second-order valence-corrected chi connectivity index (χ2v) is 5.06. The molecule has 0 bridgehead atoms. The number of hydrogen-bond acceptors (Lipinski definition) is 4. The monoisotopic (exact) mass is 310 g/mol. The van der Waals surface area contributed by atoms with Crippen LogP contribution in [-0.4, -0.2) is 20.2 Å². The highest BCUT2D eigenvalue weighted by molar-refractivity contribution is 5.50. The summed E-state index contributed by atoms with van der Waals surface area (Å²) in [4.78, 5) is 29.5. The van der Waals surface area contributed by atoms with Crippen LogP contribution in [0.3, 0.4) is 0 Å². The topological polar surface area (TPSA) is 106 Å². The molecule has 0 saturated carbocycles. The minimum absolute atomic E-state index is 0.00528. The first-order chi connectivity index (χ1) is 11.1. The van der Waals surface area contributed by atoms with Crippen molar-refractivity contribution in [1.82, 2.24) is 9.97 Å². The van der Waals surface area contributed by atoms with Crippen molar-refractivity contribution in [3.8, 4) is 11.5 Å². The molecule has 0 atom stereocenters. The van der Waals surface area contributed by atoms with Crippen LogP contribution in [0.1, 0.15) is 22.6 Å². The van der Waals surface area contributed by atoms with Crippen LogP contribution in [0.15, 0.2) is 64.4 Å². The molecule has 0 radical (unpaired) electrons. The van der Waals surface area contributed by atoms with Gasteiger partial charge in [-0.1, -0.05) is 30.3 Å². The zero-order valence-corrected chi connectivity index (χ0v) is 12.0. The van der Waals surface area contributed by atoms with Crippen molar-refractivity contribution in [2.24, 2.45) is 0 Å². The fourth-order valence-corrected chi connectivity index (χ4v) is 2.64. The van der Waals surface area contributed by atoms with Crippen molar-refractivity contribution in [1.29, 1.82) is 0 Å². The minimum Gasteiger partial charge on any atom is -0.507 e. The molecule has 0 amide bonds. The Balaban J connectivity index is 2.37. The van der Waals surface area contributed by atoms with Gasteiger partial charge in [-0.25, -0.2) is 0 Å². The van der Waals surface area contributed by atoms with Crippen molar-refractivity contribution in [2.75, 3.05) is 0 Å². The predicted molar refractivity (Wildman–Crippen MR) is 84.8 cm³/mol. The fourth-order valence-electron chi connectivity index (χ4n) is 2.64. The highest BCUT2D eigenvalue weighted by atomic mass is 16.3. The number of H-pyrrole nitrogens is 2. The molecular weight excluding hydrogens is 296 g/mol. The smallest absolute Gasteiger partial charge is 0.255 e. The molecule has 0 aliphatic rings. The Morgan fingerprint density at radius 3 is 1.65 bits per heavy atom. The molecule has 0 aliphatic carbocycles. The third-order valence-corrected chi connectivity index (χ3v) is 3.66. The summed E-state index contributed by atoms with van der Waals surface area (Å²) in [5.74, 6) is -1.39. The molecule has 2 aromatic heterocycles. The van der Waals surface area contributed by atoms with E-state index < -0.39 is 17.0 Å². The quantitative estimate of drug-likeness (QED) is 0.590. The lowest BCUT2D eigenvalue weighted by molar-refractivity contribution is 0.455. The van der Waals surface area contributed by atoms with Crippen LogP contribution in [-0.2, 0) is 0 Å². The second-order valence-electron chi connectivity index (χ2n) is 5.06. The van der Waals surface area contributed by atoms with Crippen molar-refractivity contribution in [3.63, 3.8) is 0 Å². The Bertz CT molecular complexity index is 885. The van der Waals surface area contributed by atoms with Gasteiger partial charge in [0.05, 0.1) is 17.0 Å². The van der Waals surface area contributed by atoms with Gasteiger partial charge in [0.15, 0.2) is 0 Å². The maximum atomic E-state index is 12.2. The number of aromatic hydroxyl groups is 2. The molecule has 0 unspecified atom stereocenters. The van der Waals surface area contributed by atoms with E-state index in [2.05, 4.69) is 9.97 Å². The SMILES string of the molecule is O=c1[nH]ccc(O)c1C(c1ccccc1)c1c(O)cc[nH]c1=O. The molecule has 2 heterocycles. The van der Waals surface area contributed by atoms with Gasteiger partial charge in [0.25, 0.3) is 11.1 Å². The number of pyridine rings is 2. The molecule has 1 aromatic carbocycles. The number of aromatic amines is 2. The summed E-state index contributed by atoms with van der Waals surface area (Å²) in [7, 11) is 0. The van der Waals surface area contributed by atoms with E-state index in [0.29, 0.717) is 5.56 Å². The molecule has 6 heteroatoms. The van der Waals surface area contributed by atoms with Gasteiger partial charge in [-0.2, -0.15) is 0 Å². The highest BCUT2D eigenvalue weighted by Crippen LogP contribution is 2.36. The maximum absolute atomic E-state index is 12.2. The molecular formula is C17H14N2O4. The molecule has 3 rings (SSSR count). The lowest BCUT2D eigenvalue weighted by Crippen LogP contribution is -2.23. The van der Waals surface area contributed by atoms with E-state index in [0.717, 1.165) is 0 Å². The predicted octanol–water partition coefficient (Wildman–Crippen LogP) is 1.65. The molecule has 0 fully saturated rings. The first-order valence-corrected chi connectivity index (χ1v) is 6.95. The van der Waals surface area contributed by atoms with Crippen molar-refractivity contribution in [2.45, 2.75) is 5.92 Å². The third-order valence-electron chi connectivity index (χ3n) is 3.66. The number of nitrogens with one attached hydrogen (secondary N) is 2. The van der Waals surface area contributed by atoms with Gasteiger partial charge in [-0.05, 0) is 17.7 Å². The van der Waals surface area contributed by atoms with Crippen LogP contribution in [0.5, 0.6) is 11.5 Å². The van der Waals surface area contributed by atoms with Gasteiger partial charge in [0.2, 0.25) is 0 Å². The van der Waals surface area contributed by atoms with Gasteiger partial charge in [0, 0.05) is 12.4 Å². The van der Waals surface area contributed by atoms with E-state index in [9.17, 15) is 19.8 Å². The van der Waals surface area contributed by atoms with Crippen LogP contribution in [0.4, 0.5) is 0 Å². The lowest BCUT2D eigenvalue weighted by Gasteiger charge is -2.18. The average molecular weight is 310 g/mol. The molecule has 116 valence electrons. The normalized spacial score (nSPS) is 10.8. The van der Waals surface area contributed by atoms with Crippen molar-refractivity contribution >= 4 is 0 Å². The summed E-state index contributed by atoms with van der Waals surface area (Å²) < 4.78 is 0. The zero-order chi connectivity index (χ0) is 16.4. The summed E-state index contributed by atoms with van der Waals surface area (Å²) >= 11 is 0. The summed E-state index contributed by atoms with van der Waals surface area (Å²) in [6.45, 7) is 0. The van der Waals surface area contributed by atoms with Gasteiger partial charge in [-0.3, -0.25) is 9.59 Å². The largest absolute Gasteiger partial charge is 0.507 e. The van der Waals surface area contributed by atoms with E-state index in [4.69, 9.17) is 0 Å². The van der Waals surface area contributed by atoms with Crippen LogP contribution in [0.25, 0.3) is 0 Å². The second kappa shape index (κ2) is 5.84. The Labute approximate surface area is 130 Å². The number of rotatable bonds is 3. The molecule has 0 aliphatic heterocycles. The number of hydrogen-bond donors (Lipinski definition) is 4. The molecule has 0 spiro atoms. The summed E-state index contributed by atoms with van der Waals surface area (Å²) in [5, 5.41) is 20.3. The average Bonchev–Trinajstić information content (AvgIpc) is 2.53. The zero-order valence-electron chi connectivity index (χ0n) is 12.0. The Morgan fingerprint density at radius 1 is 0.739 bits per heavy atom. The Morgan fingerprint density at radius 2 is 1.22 bits per heavy atom. The van der Waals surface area contributed by atoms with E-state index in [1.807, 2.05) is 0 Å². The van der Waals surface area contributed by atoms with Crippen molar-refractivity contribution < 1.29 is 10.2 Å². The van der Waals surface area contributed by atoms with Crippen molar-refractivity contribution in [3.05, 3.63) is 92.3 Å². The summed E-state index contributed by atoms with van der Waals surface area (Å²) in [6.07, 6.45) is 2.64. The lowest BCUT2D eigenvalue weighted by atomic mass is 9.85. The van der Waals surface area contributed by atoms with Gasteiger partial charge in [0.1, 0.15) is 11.5 Å². The van der Waals surface area contributed by atoms with Crippen LogP contribution >= 0.6 is 0 Å². The van der Waals surface area contributed by atoms with Gasteiger partial charge in [-0.15, -0.1) is 0 Å². The standard InChI is InChI=1S/C17H14N2O4/c20-11-6-8-18-16(22)14(11)13(10-4-2-1-3-5-10)15-12(21)7-9-19-17(15)23/h1-9,13H,(H2,18,20,22)(H2,19,21,23). The molecule has 3 aromatic rings.